The Morgan fingerprint density at radius 2 is 1.81 bits per heavy atom. The molecule has 0 aromatic heterocycles. The van der Waals surface area contributed by atoms with Crippen LogP contribution in [0.1, 0.15) is 59.8 Å². The molecular weight excluding hydrogens is 198 g/mol. The fraction of sp³-hybridized carbons (Fsp3) is 0.929. The van der Waals surface area contributed by atoms with Crippen molar-refractivity contribution in [3.05, 3.63) is 0 Å². The lowest BCUT2D eigenvalue weighted by Crippen LogP contribution is -2.55. The van der Waals surface area contributed by atoms with Crippen LogP contribution in [0.4, 0.5) is 0 Å². The minimum Gasteiger partial charge on any atom is -0.297 e. The summed E-state index contributed by atoms with van der Waals surface area (Å²) >= 11 is 0. The first-order chi connectivity index (χ1) is 7.56. The molecule has 0 amide bonds. The minimum absolute atomic E-state index is 0.201. The van der Waals surface area contributed by atoms with Gasteiger partial charge in [-0.3, -0.25) is 9.69 Å². The monoisotopic (exact) mass is 225 g/mol. The highest BCUT2D eigenvalue weighted by Crippen LogP contribution is 2.28. The molecule has 1 rings (SSSR count). The van der Waals surface area contributed by atoms with Gasteiger partial charge in [0.2, 0.25) is 0 Å². The molecule has 0 aromatic rings. The molecule has 1 fully saturated rings. The van der Waals surface area contributed by atoms with E-state index >= 15 is 0 Å². The Morgan fingerprint density at radius 1 is 1.25 bits per heavy atom. The predicted octanol–water partition coefficient (Wildman–Crippen LogP) is 3.26. The van der Waals surface area contributed by atoms with E-state index in [0.717, 1.165) is 25.9 Å². The van der Waals surface area contributed by atoms with Crippen LogP contribution in [0, 0.1) is 5.92 Å². The van der Waals surface area contributed by atoms with Crippen molar-refractivity contribution >= 4 is 5.78 Å². The molecule has 1 saturated heterocycles. The standard InChI is InChI=1S/C14H27NO/c1-5-12(3)13(16)14(4,6-2)15-10-8-7-9-11-15/h12H,5-11H2,1-4H3. The van der Waals surface area contributed by atoms with Gasteiger partial charge < -0.3 is 0 Å². The van der Waals surface area contributed by atoms with Crippen LogP contribution in [0.2, 0.25) is 0 Å². The Morgan fingerprint density at radius 3 is 2.25 bits per heavy atom. The van der Waals surface area contributed by atoms with Gasteiger partial charge in [0.05, 0.1) is 5.54 Å². The highest BCUT2D eigenvalue weighted by atomic mass is 16.1. The van der Waals surface area contributed by atoms with Crippen molar-refractivity contribution in [3.63, 3.8) is 0 Å². The molecule has 0 aliphatic carbocycles. The normalized spacial score (nSPS) is 23.8. The fourth-order valence-corrected chi connectivity index (χ4v) is 2.66. The van der Waals surface area contributed by atoms with Crippen molar-refractivity contribution in [2.24, 2.45) is 5.92 Å². The van der Waals surface area contributed by atoms with Gasteiger partial charge in [-0.05, 0) is 45.7 Å². The first-order valence-corrected chi connectivity index (χ1v) is 6.85. The van der Waals surface area contributed by atoms with E-state index in [1.54, 1.807) is 0 Å². The maximum Gasteiger partial charge on any atom is 0.155 e. The highest BCUT2D eigenvalue weighted by molar-refractivity contribution is 5.89. The van der Waals surface area contributed by atoms with Gasteiger partial charge in [-0.15, -0.1) is 0 Å². The quantitative estimate of drug-likeness (QED) is 0.716. The van der Waals surface area contributed by atoms with Crippen LogP contribution in [-0.4, -0.2) is 29.3 Å². The minimum atomic E-state index is -0.212. The van der Waals surface area contributed by atoms with E-state index in [9.17, 15) is 4.79 Å². The number of rotatable bonds is 5. The highest BCUT2D eigenvalue weighted by Gasteiger charge is 2.39. The maximum absolute atomic E-state index is 12.5. The second kappa shape index (κ2) is 5.81. The predicted molar refractivity (Wildman–Crippen MR) is 68.6 cm³/mol. The van der Waals surface area contributed by atoms with Crippen molar-refractivity contribution in [2.45, 2.75) is 65.3 Å². The Hall–Kier alpha value is -0.370. The summed E-state index contributed by atoms with van der Waals surface area (Å²) in [6.45, 7) is 10.7. The summed E-state index contributed by atoms with van der Waals surface area (Å²) in [4.78, 5) is 14.9. The van der Waals surface area contributed by atoms with E-state index in [-0.39, 0.29) is 11.5 Å². The third-order valence-electron chi connectivity index (χ3n) is 4.33. The molecule has 16 heavy (non-hydrogen) atoms. The van der Waals surface area contributed by atoms with Gasteiger partial charge in [0, 0.05) is 5.92 Å². The Balaban J connectivity index is 2.78. The van der Waals surface area contributed by atoms with Gasteiger partial charge in [-0.1, -0.05) is 27.2 Å². The molecule has 0 aromatic carbocycles. The second-order valence-electron chi connectivity index (χ2n) is 5.35. The van der Waals surface area contributed by atoms with Crippen LogP contribution in [0.3, 0.4) is 0 Å². The summed E-state index contributed by atoms with van der Waals surface area (Å²) in [6.07, 6.45) is 5.74. The van der Waals surface area contributed by atoms with Crippen LogP contribution >= 0.6 is 0 Å². The molecule has 2 nitrogen and oxygen atoms in total. The number of carbonyl (C=O) groups is 1. The van der Waals surface area contributed by atoms with Crippen LogP contribution in [0.15, 0.2) is 0 Å². The summed E-state index contributed by atoms with van der Waals surface area (Å²) in [5, 5.41) is 0. The number of piperidine rings is 1. The third-order valence-corrected chi connectivity index (χ3v) is 4.33. The van der Waals surface area contributed by atoms with E-state index < -0.39 is 0 Å². The Bertz CT molecular complexity index is 233. The first-order valence-electron chi connectivity index (χ1n) is 6.85. The van der Waals surface area contributed by atoms with E-state index in [1.165, 1.54) is 19.3 Å². The molecule has 0 saturated carbocycles. The molecule has 0 spiro atoms. The number of likely N-dealkylation sites (tertiary alicyclic amines) is 1. The van der Waals surface area contributed by atoms with E-state index in [4.69, 9.17) is 0 Å². The molecule has 0 radical (unpaired) electrons. The van der Waals surface area contributed by atoms with Crippen LogP contribution < -0.4 is 0 Å². The van der Waals surface area contributed by atoms with Gasteiger partial charge in [0.15, 0.2) is 5.78 Å². The summed E-state index contributed by atoms with van der Waals surface area (Å²) in [5.74, 6) is 0.645. The number of nitrogens with zero attached hydrogens (tertiary/aromatic N) is 1. The lowest BCUT2D eigenvalue weighted by molar-refractivity contribution is -0.135. The number of ketones is 1. The van der Waals surface area contributed by atoms with Gasteiger partial charge in [0.1, 0.15) is 0 Å². The molecule has 0 bridgehead atoms. The molecule has 2 heteroatoms. The summed E-state index contributed by atoms with van der Waals surface area (Å²) in [5.41, 5.74) is -0.212. The topological polar surface area (TPSA) is 20.3 Å². The van der Waals surface area contributed by atoms with Crippen LogP contribution in [0.5, 0.6) is 0 Å². The molecule has 1 aliphatic heterocycles. The zero-order chi connectivity index (χ0) is 12.2. The van der Waals surface area contributed by atoms with Crippen molar-refractivity contribution < 1.29 is 4.79 Å². The van der Waals surface area contributed by atoms with Crippen molar-refractivity contribution in [1.82, 2.24) is 4.90 Å². The first kappa shape index (κ1) is 13.7. The molecule has 0 N–H and O–H groups in total. The van der Waals surface area contributed by atoms with Crippen molar-refractivity contribution in [3.8, 4) is 0 Å². The Labute approximate surface area is 100 Å². The van der Waals surface area contributed by atoms with Gasteiger partial charge >= 0.3 is 0 Å². The average Bonchev–Trinajstić information content (AvgIpc) is 2.37. The van der Waals surface area contributed by atoms with Gasteiger partial charge in [-0.2, -0.15) is 0 Å². The summed E-state index contributed by atoms with van der Waals surface area (Å²) in [6, 6.07) is 0. The summed E-state index contributed by atoms with van der Waals surface area (Å²) < 4.78 is 0. The lowest BCUT2D eigenvalue weighted by atomic mass is 9.82. The van der Waals surface area contributed by atoms with Crippen LogP contribution in [0.25, 0.3) is 0 Å². The number of hydrogen-bond donors (Lipinski definition) is 0. The van der Waals surface area contributed by atoms with E-state index in [1.807, 2.05) is 0 Å². The largest absolute Gasteiger partial charge is 0.297 e. The molecular formula is C14H27NO. The summed E-state index contributed by atoms with van der Waals surface area (Å²) in [7, 11) is 0. The lowest BCUT2D eigenvalue weighted by Gasteiger charge is -2.43. The van der Waals surface area contributed by atoms with Crippen LogP contribution in [-0.2, 0) is 4.79 Å². The van der Waals surface area contributed by atoms with E-state index in [0.29, 0.717) is 5.78 Å². The van der Waals surface area contributed by atoms with Crippen molar-refractivity contribution in [1.29, 1.82) is 0 Å². The van der Waals surface area contributed by atoms with Gasteiger partial charge in [-0.25, -0.2) is 0 Å². The van der Waals surface area contributed by atoms with Crippen molar-refractivity contribution in [2.75, 3.05) is 13.1 Å². The number of hydrogen-bond acceptors (Lipinski definition) is 2. The number of Topliss-reactive ketones (excluding diaryl/α,β-unsaturated/α-hetero) is 1. The maximum atomic E-state index is 12.5. The average molecular weight is 225 g/mol. The molecule has 94 valence electrons. The molecule has 1 aliphatic rings. The molecule has 2 atom stereocenters. The molecule has 2 unspecified atom stereocenters. The van der Waals surface area contributed by atoms with Gasteiger partial charge in [0.25, 0.3) is 0 Å². The van der Waals surface area contributed by atoms with E-state index in [2.05, 4.69) is 32.6 Å². The zero-order valence-electron chi connectivity index (χ0n) is 11.4. The number of carbonyl (C=O) groups excluding carboxylic acids is 1. The third kappa shape index (κ3) is 2.65. The molecule has 1 heterocycles. The Kier molecular flexibility index (Phi) is 4.97. The SMILES string of the molecule is CCC(C)C(=O)C(C)(CC)N1CCCCC1. The smallest absolute Gasteiger partial charge is 0.155 e. The second-order valence-corrected chi connectivity index (χ2v) is 5.35. The fourth-order valence-electron chi connectivity index (χ4n) is 2.66. The zero-order valence-corrected chi connectivity index (χ0v) is 11.4.